The van der Waals surface area contributed by atoms with Crippen molar-refractivity contribution in [2.45, 2.75) is 6.42 Å². The third-order valence-electron chi connectivity index (χ3n) is 1.89. The molecular formula is C10H9F2N3O. The van der Waals surface area contributed by atoms with Gasteiger partial charge in [-0.2, -0.15) is 5.26 Å². The highest BCUT2D eigenvalue weighted by atomic mass is 19.2. The Hall–Kier alpha value is -2.16. The number of anilines is 1. The predicted octanol–water partition coefficient (Wildman–Crippen LogP) is 1.12. The van der Waals surface area contributed by atoms with Gasteiger partial charge in [0.25, 0.3) is 0 Å². The van der Waals surface area contributed by atoms with Crippen molar-refractivity contribution in [1.82, 2.24) is 0 Å². The minimum atomic E-state index is -1.20. The van der Waals surface area contributed by atoms with E-state index in [2.05, 4.69) is 5.32 Å². The number of primary amides is 1. The first kappa shape index (κ1) is 11.9. The molecule has 0 fully saturated rings. The Morgan fingerprint density at radius 1 is 1.44 bits per heavy atom. The zero-order valence-electron chi connectivity index (χ0n) is 8.26. The summed E-state index contributed by atoms with van der Waals surface area (Å²) in [6, 6.07) is 3.91. The average Bonchev–Trinajstić information content (AvgIpc) is 2.24. The molecule has 0 aliphatic heterocycles. The average molecular weight is 225 g/mol. The van der Waals surface area contributed by atoms with Crippen LogP contribution in [0.1, 0.15) is 12.0 Å². The van der Waals surface area contributed by atoms with Crippen LogP contribution in [0.25, 0.3) is 0 Å². The van der Waals surface area contributed by atoms with Crippen LogP contribution in [0.4, 0.5) is 14.5 Å². The Labute approximate surface area is 90.7 Å². The Balaban J connectivity index is 2.79. The smallest absolute Gasteiger partial charge is 0.219 e. The van der Waals surface area contributed by atoms with E-state index in [4.69, 9.17) is 11.0 Å². The van der Waals surface area contributed by atoms with Gasteiger partial charge in [-0.05, 0) is 12.1 Å². The lowest BCUT2D eigenvalue weighted by molar-refractivity contribution is -0.117. The summed E-state index contributed by atoms with van der Waals surface area (Å²) in [6.45, 7) is 0.109. The highest BCUT2D eigenvalue weighted by Gasteiger charge is 2.12. The molecule has 0 radical (unpaired) electrons. The van der Waals surface area contributed by atoms with Gasteiger partial charge < -0.3 is 11.1 Å². The minimum absolute atomic E-state index is 0.0149. The van der Waals surface area contributed by atoms with Gasteiger partial charge in [0, 0.05) is 13.0 Å². The lowest BCUT2D eigenvalue weighted by atomic mass is 10.2. The van der Waals surface area contributed by atoms with E-state index in [0.717, 1.165) is 6.07 Å². The van der Waals surface area contributed by atoms with Crippen molar-refractivity contribution in [3.05, 3.63) is 29.3 Å². The lowest BCUT2D eigenvalue weighted by Crippen LogP contribution is -2.16. The van der Waals surface area contributed by atoms with Crippen molar-refractivity contribution < 1.29 is 13.6 Å². The van der Waals surface area contributed by atoms with Crippen LogP contribution in [-0.2, 0) is 4.79 Å². The number of amides is 1. The lowest BCUT2D eigenvalue weighted by Gasteiger charge is -2.07. The number of carbonyl (C=O) groups is 1. The normalized spacial score (nSPS) is 9.56. The molecule has 16 heavy (non-hydrogen) atoms. The Morgan fingerprint density at radius 3 is 2.69 bits per heavy atom. The minimum Gasteiger partial charge on any atom is -0.382 e. The number of nitrogens with two attached hydrogens (primary N) is 1. The monoisotopic (exact) mass is 225 g/mol. The highest BCUT2D eigenvalue weighted by molar-refractivity contribution is 5.74. The van der Waals surface area contributed by atoms with Gasteiger partial charge in [-0.3, -0.25) is 4.79 Å². The first-order valence-corrected chi connectivity index (χ1v) is 4.46. The Morgan fingerprint density at radius 2 is 2.12 bits per heavy atom. The van der Waals surface area contributed by atoms with Crippen LogP contribution in [0.3, 0.4) is 0 Å². The third kappa shape index (κ3) is 2.67. The molecule has 0 heterocycles. The summed E-state index contributed by atoms with van der Waals surface area (Å²) in [7, 11) is 0. The Bertz CT molecular complexity index is 454. The molecule has 0 bridgehead atoms. The molecule has 3 N–H and O–H groups in total. The molecule has 0 unspecified atom stereocenters. The summed E-state index contributed by atoms with van der Waals surface area (Å²) in [5.74, 6) is -2.88. The maximum atomic E-state index is 13.3. The van der Waals surface area contributed by atoms with E-state index in [1.54, 1.807) is 0 Å². The molecule has 1 aromatic carbocycles. The van der Waals surface area contributed by atoms with Crippen LogP contribution in [0, 0.1) is 23.0 Å². The molecule has 0 aliphatic carbocycles. The number of halogens is 2. The van der Waals surface area contributed by atoms with E-state index in [1.807, 2.05) is 0 Å². The maximum absolute atomic E-state index is 13.3. The van der Waals surface area contributed by atoms with Crippen molar-refractivity contribution in [3.8, 4) is 6.07 Å². The second-order valence-corrected chi connectivity index (χ2v) is 3.04. The number of rotatable bonds is 4. The van der Waals surface area contributed by atoms with E-state index in [1.165, 1.54) is 12.1 Å². The summed E-state index contributed by atoms with van der Waals surface area (Å²) < 4.78 is 26.4. The molecule has 0 saturated carbocycles. The number of hydrogen-bond donors (Lipinski definition) is 2. The SMILES string of the molecule is N#Cc1ccc(NCCC(N)=O)c(F)c1F. The van der Waals surface area contributed by atoms with Crippen LogP contribution < -0.4 is 11.1 Å². The molecule has 84 valence electrons. The van der Waals surface area contributed by atoms with Crippen molar-refractivity contribution in [2.24, 2.45) is 5.73 Å². The number of nitriles is 1. The summed E-state index contributed by atoms with van der Waals surface area (Å²) in [5.41, 5.74) is 4.42. The fourth-order valence-electron chi connectivity index (χ4n) is 1.09. The number of hydrogen-bond acceptors (Lipinski definition) is 3. The molecule has 6 heteroatoms. The standard InChI is InChI=1S/C10H9F2N3O/c11-9-6(5-13)1-2-7(10(9)12)15-4-3-8(14)16/h1-2,15H,3-4H2,(H2,14,16). The third-order valence-corrected chi connectivity index (χ3v) is 1.89. The van der Waals surface area contributed by atoms with Gasteiger partial charge in [-0.15, -0.1) is 0 Å². The van der Waals surface area contributed by atoms with E-state index < -0.39 is 17.5 Å². The highest BCUT2D eigenvalue weighted by Crippen LogP contribution is 2.19. The maximum Gasteiger partial charge on any atom is 0.219 e. The van der Waals surface area contributed by atoms with E-state index in [9.17, 15) is 13.6 Å². The molecule has 0 atom stereocenters. The first-order valence-electron chi connectivity index (χ1n) is 4.46. The molecule has 1 amide bonds. The molecule has 0 aliphatic rings. The van der Waals surface area contributed by atoms with E-state index >= 15 is 0 Å². The molecule has 1 rings (SSSR count). The van der Waals surface area contributed by atoms with Crippen LogP contribution in [0.5, 0.6) is 0 Å². The fourth-order valence-corrected chi connectivity index (χ4v) is 1.09. The van der Waals surface area contributed by atoms with Crippen molar-refractivity contribution in [3.63, 3.8) is 0 Å². The van der Waals surface area contributed by atoms with Crippen LogP contribution >= 0.6 is 0 Å². The van der Waals surface area contributed by atoms with Gasteiger partial charge in [-0.25, -0.2) is 8.78 Å². The van der Waals surface area contributed by atoms with Gasteiger partial charge in [0.05, 0.1) is 11.3 Å². The number of benzene rings is 1. The van der Waals surface area contributed by atoms with Gasteiger partial charge in [-0.1, -0.05) is 0 Å². The fraction of sp³-hybridized carbons (Fsp3) is 0.200. The molecule has 0 spiro atoms. The zero-order valence-corrected chi connectivity index (χ0v) is 8.26. The molecular weight excluding hydrogens is 216 g/mol. The van der Waals surface area contributed by atoms with E-state index in [-0.39, 0.29) is 24.2 Å². The van der Waals surface area contributed by atoms with Crippen LogP contribution in [0.2, 0.25) is 0 Å². The number of nitrogens with zero attached hydrogens (tertiary/aromatic N) is 1. The van der Waals surface area contributed by atoms with Gasteiger partial charge in [0.1, 0.15) is 6.07 Å². The number of carbonyl (C=O) groups excluding carboxylic acids is 1. The Kier molecular flexibility index (Phi) is 3.78. The molecule has 0 aromatic heterocycles. The topological polar surface area (TPSA) is 78.9 Å². The second kappa shape index (κ2) is 5.07. The van der Waals surface area contributed by atoms with Crippen LogP contribution in [-0.4, -0.2) is 12.5 Å². The van der Waals surface area contributed by atoms with Crippen molar-refractivity contribution >= 4 is 11.6 Å². The molecule has 1 aromatic rings. The quantitative estimate of drug-likeness (QED) is 0.805. The number of nitrogens with one attached hydrogen (secondary N) is 1. The summed E-state index contributed by atoms with van der Waals surface area (Å²) in [6.07, 6.45) is 0.0149. The second-order valence-electron chi connectivity index (χ2n) is 3.04. The summed E-state index contributed by atoms with van der Waals surface area (Å²) >= 11 is 0. The zero-order chi connectivity index (χ0) is 12.1. The van der Waals surface area contributed by atoms with E-state index in [0.29, 0.717) is 0 Å². The van der Waals surface area contributed by atoms with Gasteiger partial charge in [0.15, 0.2) is 11.6 Å². The summed E-state index contributed by atoms with van der Waals surface area (Å²) in [4.78, 5) is 10.4. The predicted molar refractivity (Wildman–Crippen MR) is 53.4 cm³/mol. The largest absolute Gasteiger partial charge is 0.382 e. The molecule has 0 saturated heterocycles. The summed E-state index contributed by atoms with van der Waals surface area (Å²) in [5, 5.41) is 11.0. The van der Waals surface area contributed by atoms with Crippen LogP contribution in [0.15, 0.2) is 12.1 Å². The van der Waals surface area contributed by atoms with Crippen molar-refractivity contribution in [2.75, 3.05) is 11.9 Å². The first-order chi connectivity index (χ1) is 7.56. The van der Waals surface area contributed by atoms with Gasteiger partial charge >= 0.3 is 0 Å². The van der Waals surface area contributed by atoms with Crippen molar-refractivity contribution in [1.29, 1.82) is 5.26 Å². The molecule has 4 nitrogen and oxygen atoms in total. The van der Waals surface area contributed by atoms with Gasteiger partial charge in [0.2, 0.25) is 5.91 Å².